The molecule has 5 rings (SSSR count). The van der Waals surface area contributed by atoms with Gasteiger partial charge < -0.3 is 39.7 Å². The minimum atomic E-state index is -1.89. The molecule has 1 aliphatic heterocycles. The molecule has 0 saturated heterocycles. The lowest BCUT2D eigenvalue weighted by atomic mass is 9.47. The van der Waals surface area contributed by atoms with Crippen molar-refractivity contribution in [1.82, 2.24) is 0 Å². The molecule has 4 aliphatic rings. The first-order valence-electron chi connectivity index (χ1n) is 10.5. The summed E-state index contributed by atoms with van der Waals surface area (Å²) < 4.78 is 16.2. The molecule has 1 aromatic carbocycles. The Kier molecular flexibility index (Phi) is 4.80. The topological polar surface area (TPSA) is 146 Å². The van der Waals surface area contributed by atoms with Crippen LogP contribution in [0.4, 0.5) is 0 Å². The third kappa shape index (κ3) is 2.71. The lowest BCUT2D eigenvalue weighted by Crippen LogP contribution is -2.67. The van der Waals surface area contributed by atoms with Gasteiger partial charge in [-0.2, -0.15) is 0 Å². The van der Waals surface area contributed by atoms with Crippen LogP contribution in [0.5, 0.6) is 11.5 Å². The van der Waals surface area contributed by atoms with E-state index in [2.05, 4.69) is 4.74 Å². The molecule has 0 radical (unpaired) electrons. The molecule has 9 heteroatoms. The number of phenolic OH excluding ortho intramolecular Hbond substituents is 1. The molecule has 6 atom stereocenters. The van der Waals surface area contributed by atoms with Gasteiger partial charge in [0.2, 0.25) is 0 Å². The van der Waals surface area contributed by atoms with Crippen molar-refractivity contribution in [3.05, 3.63) is 35.1 Å². The number of ether oxygens (including phenoxy) is 3. The fourth-order valence-electron chi connectivity index (χ4n) is 6.13. The molecule has 31 heavy (non-hydrogen) atoms. The molecule has 0 aromatic heterocycles. The van der Waals surface area contributed by atoms with Crippen LogP contribution < -0.4 is 4.74 Å². The Morgan fingerprint density at radius 3 is 2.90 bits per heavy atom. The number of aliphatic hydroxyl groups excluding tert-OH is 3. The molecule has 1 aromatic rings. The van der Waals surface area contributed by atoms with E-state index in [-0.39, 0.29) is 23.8 Å². The highest BCUT2D eigenvalue weighted by Gasteiger charge is 2.70. The molecule has 5 N–H and O–H groups in total. The normalized spacial score (nSPS) is 34.3. The van der Waals surface area contributed by atoms with Crippen LogP contribution in [-0.2, 0) is 26.1 Å². The van der Waals surface area contributed by atoms with Crippen molar-refractivity contribution in [2.24, 2.45) is 5.92 Å². The summed E-state index contributed by atoms with van der Waals surface area (Å²) in [5.74, 6) is -0.646. The van der Waals surface area contributed by atoms with Gasteiger partial charge in [0, 0.05) is 5.56 Å². The second-order valence-corrected chi connectivity index (χ2v) is 8.88. The Balaban J connectivity index is 1.50. The van der Waals surface area contributed by atoms with Crippen LogP contribution in [0.25, 0.3) is 0 Å². The monoisotopic (exact) mass is 434 g/mol. The SMILES string of the molecule is O=C(OC1=CC[C@@]2(O)[C@@H]3CCC[C@@]24c2c(ccc(O)c2O[C@@H]14)C3)[C@H](O)[C@@H](O)COCO. The molecule has 2 bridgehead atoms. The van der Waals surface area contributed by atoms with Crippen molar-refractivity contribution >= 4 is 5.97 Å². The van der Waals surface area contributed by atoms with Crippen LogP contribution in [0.3, 0.4) is 0 Å². The van der Waals surface area contributed by atoms with E-state index in [0.717, 1.165) is 24.0 Å². The van der Waals surface area contributed by atoms with Crippen molar-refractivity contribution < 1.29 is 44.5 Å². The summed E-state index contributed by atoms with van der Waals surface area (Å²) in [4.78, 5) is 12.5. The number of esters is 1. The van der Waals surface area contributed by atoms with E-state index >= 15 is 0 Å². The fourth-order valence-corrected chi connectivity index (χ4v) is 6.13. The average Bonchev–Trinajstić information content (AvgIpc) is 3.10. The molecule has 1 fully saturated rings. The first-order chi connectivity index (χ1) is 14.8. The Morgan fingerprint density at radius 1 is 1.32 bits per heavy atom. The van der Waals surface area contributed by atoms with E-state index in [0.29, 0.717) is 18.6 Å². The van der Waals surface area contributed by atoms with Gasteiger partial charge in [-0.15, -0.1) is 0 Å². The van der Waals surface area contributed by atoms with E-state index < -0.39 is 48.7 Å². The zero-order valence-electron chi connectivity index (χ0n) is 16.9. The van der Waals surface area contributed by atoms with E-state index in [1.165, 1.54) is 0 Å². The molecule has 0 unspecified atom stereocenters. The highest BCUT2D eigenvalue weighted by atomic mass is 16.6. The van der Waals surface area contributed by atoms with Crippen molar-refractivity contribution in [1.29, 1.82) is 0 Å². The molecule has 1 saturated carbocycles. The maximum Gasteiger partial charge on any atom is 0.342 e. The summed E-state index contributed by atoms with van der Waals surface area (Å²) in [7, 11) is 0. The van der Waals surface area contributed by atoms with Gasteiger partial charge >= 0.3 is 5.97 Å². The lowest BCUT2D eigenvalue weighted by Gasteiger charge is -2.59. The van der Waals surface area contributed by atoms with Gasteiger partial charge in [-0.1, -0.05) is 12.5 Å². The van der Waals surface area contributed by atoms with Crippen LogP contribution in [0, 0.1) is 5.92 Å². The number of hydrogen-bond donors (Lipinski definition) is 5. The Hall–Kier alpha value is -2.17. The Morgan fingerprint density at radius 2 is 2.13 bits per heavy atom. The zero-order chi connectivity index (χ0) is 22.0. The standard InChI is InChI=1S/C22H26O9/c23-10-29-9-14(25)17(26)20(27)30-15-5-7-22(28)12-2-1-6-21(22)16-11(8-12)3-4-13(24)18(16)31-19(15)21/h3-5,12,14,17,19,23-26,28H,1-2,6-10H2/t12-,14+,17-,19+,21+,22-/m1/s1. The van der Waals surface area contributed by atoms with Gasteiger partial charge in [0.25, 0.3) is 0 Å². The highest BCUT2D eigenvalue weighted by molar-refractivity contribution is 5.76. The fraction of sp³-hybridized carbons (Fsp3) is 0.591. The van der Waals surface area contributed by atoms with Gasteiger partial charge in [-0.25, -0.2) is 4.79 Å². The van der Waals surface area contributed by atoms with Crippen LogP contribution in [0.1, 0.15) is 36.8 Å². The van der Waals surface area contributed by atoms with Crippen LogP contribution in [-0.4, -0.2) is 68.8 Å². The molecule has 1 spiro atoms. The predicted molar refractivity (Wildman–Crippen MR) is 104 cm³/mol. The van der Waals surface area contributed by atoms with Crippen LogP contribution in [0.2, 0.25) is 0 Å². The van der Waals surface area contributed by atoms with Gasteiger partial charge in [0.1, 0.15) is 18.7 Å². The number of carbonyl (C=O) groups is 1. The number of rotatable bonds is 6. The second-order valence-electron chi connectivity index (χ2n) is 8.88. The van der Waals surface area contributed by atoms with Crippen molar-refractivity contribution in [2.75, 3.05) is 13.4 Å². The summed E-state index contributed by atoms with van der Waals surface area (Å²) in [5.41, 5.74) is -0.139. The summed E-state index contributed by atoms with van der Waals surface area (Å²) in [6.07, 6.45) is 0.597. The Bertz CT molecular complexity index is 943. The van der Waals surface area contributed by atoms with Crippen molar-refractivity contribution in [3.8, 4) is 11.5 Å². The summed E-state index contributed by atoms with van der Waals surface area (Å²) >= 11 is 0. The van der Waals surface area contributed by atoms with E-state index in [1.807, 2.05) is 6.07 Å². The summed E-state index contributed by atoms with van der Waals surface area (Å²) in [6, 6.07) is 3.45. The van der Waals surface area contributed by atoms with Gasteiger partial charge in [0.05, 0.1) is 17.6 Å². The molecule has 0 amide bonds. The smallest absolute Gasteiger partial charge is 0.342 e. The van der Waals surface area contributed by atoms with Gasteiger partial charge in [0.15, 0.2) is 23.7 Å². The maximum absolute atomic E-state index is 12.5. The molecular weight excluding hydrogens is 408 g/mol. The largest absolute Gasteiger partial charge is 0.504 e. The summed E-state index contributed by atoms with van der Waals surface area (Å²) in [6.45, 7) is -1.11. The van der Waals surface area contributed by atoms with Crippen molar-refractivity contribution in [2.45, 2.75) is 61.4 Å². The molecule has 9 nitrogen and oxygen atoms in total. The molecular formula is C22H26O9. The average molecular weight is 434 g/mol. The van der Waals surface area contributed by atoms with Crippen LogP contribution >= 0.6 is 0 Å². The number of phenols is 1. The molecule has 3 aliphatic carbocycles. The number of aromatic hydroxyl groups is 1. The quantitative estimate of drug-likeness (QED) is 0.308. The number of aliphatic hydroxyl groups is 4. The van der Waals surface area contributed by atoms with E-state index in [1.54, 1.807) is 12.1 Å². The molecule has 1 heterocycles. The number of hydrogen-bond acceptors (Lipinski definition) is 9. The zero-order valence-corrected chi connectivity index (χ0v) is 16.9. The van der Waals surface area contributed by atoms with E-state index in [4.69, 9.17) is 14.6 Å². The van der Waals surface area contributed by atoms with Gasteiger partial charge in [-0.05, 0) is 49.3 Å². The molecule has 168 valence electrons. The third-order valence-corrected chi connectivity index (χ3v) is 7.47. The van der Waals surface area contributed by atoms with E-state index in [9.17, 15) is 25.2 Å². The predicted octanol–water partition coefficient (Wildman–Crippen LogP) is -0.00270. The third-order valence-electron chi connectivity index (χ3n) is 7.47. The number of carbonyl (C=O) groups excluding carboxylic acids is 1. The minimum absolute atomic E-state index is 0.0203. The summed E-state index contributed by atoms with van der Waals surface area (Å²) in [5, 5.41) is 51.0. The Labute approximate surface area is 178 Å². The first kappa shape index (κ1) is 20.7. The number of benzene rings is 1. The maximum atomic E-state index is 12.5. The van der Waals surface area contributed by atoms with Gasteiger partial charge in [-0.3, -0.25) is 0 Å². The van der Waals surface area contributed by atoms with Crippen LogP contribution in [0.15, 0.2) is 24.0 Å². The lowest BCUT2D eigenvalue weighted by molar-refractivity contribution is -0.170. The minimum Gasteiger partial charge on any atom is -0.504 e. The van der Waals surface area contributed by atoms with Crippen molar-refractivity contribution in [3.63, 3.8) is 0 Å². The first-order valence-corrected chi connectivity index (χ1v) is 10.5. The second kappa shape index (κ2) is 7.18. The highest BCUT2D eigenvalue weighted by Crippen LogP contribution is 2.67.